The summed E-state index contributed by atoms with van der Waals surface area (Å²) in [5, 5.41) is 15.3. The van der Waals surface area contributed by atoms with E-state index in [1.807, 2.05) is 6.92 Å². The van der Waals surface area contributed by atoms with Crippen LogP contribution in [0.25, 0.3) is 11.3 Å². The maximum absolute atomic E-state index is 13.0. The van der Waals surface area contributed by atoms with Crippen LogP contribution in [0, 0.1) is 12.7 Å². The number of carbonyl (C=O) groups is 1. The van der Waals surface area contributed by atoms with E-state index in [9.17, 15) is 9.18 Å². The Kier molecular flexibility index (Phi) is 4.95. The first-order valence-corrected chi connectivity index (χ1v) is 7.24. The summed E-state index contributed by atoms with van der Waals surface area (Å²) in [6, 6.07) is 6.20. The molecule has 0 spiro atoms. The quantitative estimate of drug-likeness (QED) is 0.807. The molecular weight excluding hydrogens is 341 g/mol. The van der Waals surface area contributed by atoms with E-state index >= 15 is 0 Å². The molecule has 0 bridgehead atoms. The molecular formula is C14H15BrFN3O2. The van der Waals surface area contributed by atoms with Crippen molar-refractivity contribution in [2.45, 2.75) is 19.9 Å². The van der Waals surface area contributed by atoms with Crippen LogP contribution in [0.3, 0.4) is 0 Å². The molecule has 1 aromatic carbocycles. The van der Waals surface area contributed by atoms with Crippen molar-refractivity contribution in [1.82, 2.24) is 15.1 Å². The number of aryl methyl sites for hydroxylation is 2. The third-order valence-corrected chi connectivity index (χ3v) is 3.94. The van der Waals surface area contributed by atoms with Gasteiger partial charge in [-0.05, 0) is 53.5 Å². The fourth-order valence-corrected chi connectivity index (χ4v) is 2.54. The number of hydrogen-bond acceptors (Lipinski definition) is 2. The van der Waals surface area contributed by atoms with Gasteiger partial charge in [-0.3, -0.25) is 4.68 Å². The minimum absolute atomic E-state index is 0.289. The van der Waals surface area contributed by atoms with Crippen LogP contribution in [0.15, 0.2) is 28.7 Å². The molecule has 0 aliphatic rings. The molecule has 2 N–H and O–H groups in total. The second-order valence-electron chi connectivity index (χ2n) is 4.56. The van der Waals surface area contributed by atoms with Crippen molar-refractivity contribution < 1.29 is 14.3 Å². The number of nitrogens with one attached hydrogen (secondary N) is 1. The molecule has 0 saturated heterocycles. The fourth-order valence-electron chi connectivity index (χ4n) is 2.03. The number of halogens is 2. The van der Waals surface area contributed by atoms with Crippen LogP contribution < -0.4 is 5.32 Å². The molecule has 0 atom stereocenters. The van der Waals surface area contributed by atoms with E-state index in [1.54, 1.807) is 16.8 Å². The topological polar surface area (TPSA) is 67.2 Å². The van der Waals surface area contributed by atoms with Crippen LogP contribution in [0.2, 0.25) is 0 Å². The van der Waals surface area contributed by atoms with Gasteiger partial charge in [-0.1, -0.05) is 0 Å². The number of hydrogen-bond donors (Lipinski definition) is 2. The molecule has 0 unspecified atom stereocenters. The molecule has 2 aromatic rings. The number of carboxylic acid groups (broad SMARTS) is 1. The molecule has 112 valence electrons. The Morgan fingerprint density at radius 2 is 2.10 bits per heavy atom. The lowest BCUT2D eigenvalue weighted by molar-refractivity contribution is 0.194. The third-order valence-electron chi connectivity index (χ3n) is 2.99. The lowest BCUT2D eigenvalue weighted by Crippen LogP contribution is -2.23. The first-order chi connectivity index (χ1) is 9.99. The molecule has 7 heteroatoms. The number of benzene rings is 1. The van der Waals surface area contributed by atoms with Gasteiger partial charge in [0.15, 0.2) is 0 Å². The van der Waals surface area contributed by atoms with E-state index < -0.39 is 6.09 Å². The molecule has 0 radical (unpaired) electrons. The van der Waals surface area contributed by atoms with Gasteiger partial charge in [-0.25, -0.2) is 9.18 Å². The molecule has 1 heterocycles. The first kappa shape index (κ1) is 15.5. The van der Waals surface area contributed by atoms with Crippen LogP contribution in [0.4, 0.5) is 9.18 Å². The summed E-state index contributed by atoms with van der Waals surface area (Å²) in [5.74, 6) is -0.289. The zero-order valence-electron chi connectivity index (χ0n) is 11.4. The van der Waals surface area contributed by atoms with Gasteiger partial charge >= 0.3 is 6.09 Å². The van der Waals surface area contributed by atoms with E-state index in [0.29, 0.717) is 19.5 Å². The number of amides is 1. The highest BCUT2D eigenvalue weighted by Crippen LogP contribution is 2.31. The van der Waals surface area contributed by atoms with Gasteiger partial charge in [0, 0.05) is 18.7 Å². The second kappa shape index (κ2) is 6.71. The standard InChI is InChI=1S/C14H15BrFN3O2/c1-9-12(15)13(10-3-5-11(16)6-4-10)19(18-9)8-2-7-17-14(20)21/h3-6,17H,2,7-8H2,1H3,(H,20,21). The van der Waals surface area contributed by atoms with Gasteiger partial charge < -0.3 is 10.4 Å². The van der Waals surface area contributed by atoms with Gasteiger partial charge in [-0.15, -0.1) is 0 Å². The smallest absolute Gasteiger partial charge is 0.404 e. The second-order valence-corrected chi connectivity index (χ2v) is 5.36. The van der Waals surface area contributed by atoms with Crippen LogP contribution in [-0.4, -0.2) is 27.5 Å². The molecule has 5 nitrogen and oxygen atoms in total. The van der Waals surface area contributed by atoms with Crippen LogP contribution in [0.5, 0.6) is 0 Å². The minimum atomic E-state index is -1.04. The number of rotatable bonds is 5. The molecule has 0 aliphatic carbocycles. The van der Waals surface area contributed by atoms with E-state index in [2.05, 4.69) is 26.3 Å². The SMILES string of the molecule is Cc1nn(CCCNC(=O)O)c(-c2ccc(F)cc2)c1Br. The van der Waals surface area contributed by atoms with Crippen molar-refractivity contribution in [3.05, 3.63) is 40.2 Å². The Hall–Kier alpha value is -1.89. The summed E-state index contributed by atoms with van der Waals surface area (Å²) in [6.45, 7) is 2.80. The van der Waals surface area contributed by atoms with Gasteiger partial charge in [-0.2, -0.15) is 5.10 Å². The zero-order valence-corrected chi connectivity index (χ0v) is 13.0. The Labute approximate surface area is 129 Å². The summed E-state index contributed by atoms with van der Waals surface area (Å²) < 4.78 is 15.7. The molecule has 0 fully saturated rings. The van der Waals surface area contributed by atoms with Gasteiger partial charge in [0.05, 0.1) is 15.9 Å². The van der Waals surface area contributed by atoms with Gasteiger partial charge in [0.25, 0.3) is 0 Å². The van der Waals surface area contributed by atoms with E-state index in [1.165, 1.54) is 12.1 Å². The monoisotopic (exact) mass is 355 g/mol. The highest BCUT2D eigenvalue weighted by molar-refractivity contribution is 9.10. The lowest BCUT2D eigenvalue weighted by Gasteiger charge is -2.08. The van der Waals surface area contributed by atoms with Crippen molar-refractivity contribution in [3.63, 3.8) is 0 Å². The van der Waals surface area contributed by atoms with Crippen molar-refractivity contribution >= 4 is 22.0 Å². The Morgan fingerprint density at radius 3 is 2.71 bits per heavy atom. The van der Waals surface area contributed by atoms with Crippen molar-refractivity contribution in [2.24, 2.45) is 0 Å². The van der Waals surface area contributed by atoms with Crippen molar-refractivity contribution in [2.75, 3.05) is 6.54 Å². The summed E-state index contributed by atoms with van der Waals surface area (Å²) in [4.78, 5) is 10.4. The third kappa shape index (κ3) is 3.81. The van der Waals surface area contributed by atoms with Crippen LogP contribution in [-0.2, 0) is 6.54 Å². The predicted molar refractivity (Wildman–Crippen MR) is 80.7 cm³/mol. The molecule has 21 heavy (non-hydrogen) atoms. The molecule has 1 aromatic heterocycles. The van der Waals surface area contributed by atoms with Gasteiger partial charge in [0.2, 0.25) is 0 Å². The number of nitrogens with zero attached hydrogens (tertiary/aromatic N) is 2. The van der Waals surface area contributed by atoms with E-state index in [0.717, 1.165) is 21.4 Å². The molecule has 1 amide bonds. The normalized spacial score (nSPS) is 10.6. The molecule has 2 rings (SSSR count). The minimum Gasteiger partial charge on any atom is -0.465 e. The Balaban J connectivity index is 2.20. The van der Waals surface area contributed by atoms with Crippen molar-refractivity contribution in [3.8, 4) is 11.3 Å². The highest BCUT2D eigenvalue weighted by atomic mass is 79.9. The van der Waals surface area contributed by atoms with E-state index in [-0.39, 0.29) is 5.82 Å². The average Bonchev–Trinajstić information content (AvgIpc) is 2.71. The average molecular weight is 356 g/mol. The van der Waals surface area contributed by atoms with Crippen LogP contribution >= 0.6 is 15.9 Å². The highest BCUT2D eigenvalue weighted by Gasteiger charge is 2.14. The Bertz CT molecular complexity index is 640. The summed E-state index contributed by atoms with van der Waals surface area (Å²) in [5.41, 5.74) is 2.55. The summed E-state index contributed by atoms with van der Waals surface area (Å²) in [6.07, 6.45) is -0.416. The largest absolute Gasteiger partial charge is 0.465 e. The fraction of sp³-hybridized carbons (Fsp3) is 0.286. The number of aromatic nitrogens is 2. The molecule has 0 aliphatic heterocycles. The Morgan fingerprint density at radius 1 is 1.43 bits per heavy atom. The lowest BCUT2D eigenvalue weighted by atomic mass is 10.1. The maximum atomic E-state index is 13.0. The first-order valence-electron chi connectivity index (χ1n) is 6.44. The predicted octanol–water partition coefficient (Wildman–Crippen LogP) is 3.42. The zero-order chi connectivity index (χ0) is 15.4. The van der Waals surface area contributed by atoms with Gasteiger partial charge in [0.1, 0.15) is 5.82 Å². The molecule has 0 saturated carbocycles. The van der Waals surface area contributed by atoms with E-state index in [4.69, 9.17) is 5.11 Å². The maximum Gasteiger partial charge on any atom is 0.404 e. The van der Waals surface area contributed by atoms with Crippen LogP contribution in [0.1, 0.15) is 12.1 Å². The van der Waals surface area contributed by atoms with Crippen molar-refractivity contribution in [1.29, 1.82) is 0 Å². The summed E-state index contributed by atoms with van der Waals surface area (Å²) >= 11 is 3.50. The summed E-state index contributed by atoms with van der Waals surface area (Å²) in [7, 11) is 0.